The second-order valence-electron chi connectivity index (χ2n) is 3.35. The smallest absolute Gasteiger partial charge is 0.168 e. The number of carbonyl (C=O) groups is 1. The van der Waals surface area contributed by atoms with Gasteiger partial charge in [-0.3, -0.25) is 9.48 Å². The van der Waals surface area contributed by atoms with Gasteiger partial charge in [0.2, 0.25) is 0 Å². The van der Waals surface area contributed by atoms with Gasteiger partial charge in [-0.1, -0.05) is 11.6 Å². The van der Waals surface area contributed by atoms with Gasteiger partial charge in [-0.2, -0.15) is 5.10 Å². The average molecular weight is 216 g/mol. The molecule has 0 aliphatic rings. The molecule has 14 heavy (non-hydrogen) atoms. The van der Waals surface area contributed by atoms with Crippen LogP contribution in [0.15, 0.2) is 6.20 Å². The molecule has 2 N–H and O–H groups in total. The quantitative estimate of drug-likeness (QED) is 0.777. The zero-order chi connectivity index (χ0) is 10.7. The number of ketones is 1. The second-order valence-corrected chi connectivity index (χ2v) is 3.71. The molecule has 0 saturated heterocycles. The molecule has 0 aliphatic heterocycles. The predicted molar refractivity (Wildman–Crippen MR) is 55.6 cm³/mol. The number of rotatable bonds is 4. The Hall–Kier alpha value is -0.870. The van der Waals surface area contributed by atoms with E-state index in [1.54, 1.807) is 4.68 Å². The van der Waals surface area contributed by atoms with Crippen LogP contribution in [0.1, 0.15) is 36.7 Å². The van der Waals surface area contributed by atoms with Crippen LogP contribution < -0.4 is 5.73 Å². The molecule has 0 unspecified atom stereocenters. The monoisotopic (exact) mass is 215 g/mol. The van der Waals surface area contributed by atoms with Crippen LogP contribution in [0, 0.1) is 0 Å². The molecule has 5 heteroatoms. The highest BCUT2D eigenvalue weighted by Crippen LogP contribution is 2.20. The minimum Gasteiger partial charge on any atom is -0.330 e. The van der Waals surface area contributed by atoms with Crippen molar-refractivity contribution in [2.75, 3.05) is 6.54 Å². The summed E-state index contributed by atoms with van der Waals surface area (Å²) in [5.74, 6) is -0.0515. The lowest BCUT2D eigenvalue weighted by molar-refractivity contribution is 0.0985. The molecule has 78 valence electrons. The lowest BCUT2D eigenvalue weighted by Crippen LogP contribution is -2.08. The van der Waals surface area contributed by atoms with Gasteiger partial charge in [-0.15, -0.1) is 0 Å². The van der Waals surface area contributed by atoms with Crippen LogP contribution in [-0.2, 0) is 0 Å². The molecule has 1 aromatic rings. The number of nitrogens with two attached hydrogens (primary N) is 1. The van der Waals surface area contributed by atoms with Crippen LogP contribution in [0.2, 0.25) is 5.15 Å². The van der Waals surface area contributed by atoms with Gasteiger partial charge in [0.05, 0.1) is 11.8 Å². The van der Waals surface area contributed by atoms with Crippen LogP contribution in [-0.4, -0.2) is 22.1 Å². The van der Waals surface area contributed by atoms with Crippen molar-refractivity contribution in [3.8, 4) is 0 Å². The van der Waals surface area contributed by atoms with Crippen molar-refractivity contribution >= 4 is 17.4 Å². The fourth-order valence-corrected chi connectivity index (χ4v) is 1.55. The zero-order valence-corrected chi connectivity index (χ0v) is 9.08. The van der Waals surface area contributed by atoms with Crippen molar-refractivity contribution < 1.29 is 4.79 Å². The molecule has 0 saturated carbocycles. The van der Waals surface area contributed by atoms with Crippen molar-refractivity contribution in [1.29, 1.82) is 0 Å². The van der Waals surface area contributed by atoms with Crippen LogP contribution in [0.3, 0.4) is 0 Å². The maximum atomic E-state index is 11.5. The Morgan fingerprint density at radius 1 is 1.71 bits per heavy atom. The molecular weight excluding hydrogens is 202 g/mol. The Morgan fingerprint density at radius 2 is 2.36 bits per heavy atom. The van der Waals surface area contributed by atoms with Crippen LogP contribution in [0.4, 0.5) is 0 Å². The standard InChI is InChI=1S/C9H14ClN3O/c1-6(2)13-9(10)7(5-12-13)8(14)3-4-11/h5-6H,3-4,11H2,1-2H3. The normalized spacial score (nSPS) is 10.9. The second kappa shape index (κ2) is 4.57. The Morgan fingerprint density at radius 3 is 2.79 bits per heavy atom. The first-order valence-electron chi connectivity index (χ1n) is 4.54. The topological polar surface area (TPSA) is 60.9 Å². The first-order chi connectivity index (χ1) is 6.57. The summed E-state index contributed by atoms with van der Waals surface area (Å²) in [4.78, 5) is 11.5. The third kappa shape index (κ3) is 2.13. The number of carbonyl (C=O) groups excluding carboxylic acids is 1. The first-order valence-corrected chi connectivity index (χ1v) is 4.92. The summed E-state index contributed by atoms with van der Waals surface area (Å²) >= 11 is 5.99. The Labute approximate surface area is 88.0 Å². The summed E-state index contributed by atoms with van der Waals surface area (Å²) in [7, 11) is 0. The molecule has 0 aliphatic carbocycles. The van der Waals surface area contributed by atoms with Crippen molar-refractivity contribution in [1.82, 2.24) is 9.78 Å². The third-order valence-electron chi connectivity index (χ3n) is 1.90. The van der Waals surface area contributed by atoms with Gasteiger partial charge < -0.3 is 5.73 Å². The Balaban J connectivity index is 2.95. The van der Waals surface area contributed by atoms with Gasteiger partial charge in [-0.25, -0.2) is 0 Å². The van der Waals surface area contributed by atoms with Gasteiger partial charge in [0, 0.05) is 12.5 Å². The SMILES string of the molecule is CC(C)n1ncc(C(=O)CCN)c1Cl. The van der Waals surface area contributed by atoms with E-state index in [9.17, 15) is 4.79 Å². The van der Waals surface area contributed by atoms with Crippen LogP contribution >= 0.6 is 11.6 Å². The van der Waals surface area contributed by atoms with E-state index < -0.39 is 0 Å². The molecule has 0 aromatic carbocycles. The number of halogens is 1. The summed E-state index contributed by atoms with van der Waals surface area (Å²) in [5.41, 5.74) is 5.76. The van der Waals surface area contributed by atoms with Crippen LogP contribution in [0.5, 0.6) is 0 Å². The van der Waals surface area contributed by atoms with E-state index in [1.165, 1.54) is 6.20 Å². The van der Waals surface area contributed by atoms with Crippen molar-refractivity contribution in [2.24, 2.45) is 5.73 Å². The van der Waals surface area contributed by atoms with E-state index in [2.05, 4.69) is 5.10 Å². The fraction of sp³-hybridized carbons (Fsp3) is 0.556. The van der Waals surface area contributed by atoms with Crippen LogP contribution in [0.25, 0.3) is 0 Å². The van der Waals surface area contributed by atoms with Gasteiger partial charge in [0.25, 0.3) is 0 Å². The van der Waals surface area contributed by atoms with Crippen molar-refractivity contribution in [3.05, 3.63) is 16.9 Å². The summed E-state index contributed by atoms with van der Waals surface area (Å²) in [6.45, 7) is 4.24. The highest BCUT2D eigenvalue weighted by atomic mass is 35.5. The number of aromatic nitrogens is 2. The average Bonchev–Trinajstić information content (AvgIpc) is 2.47. The van der Waals surface area contributed by atoms with Crippen molar-refractivity contribution in [3.63, 3.8) is 0 Å². The number of hydrogen-bond acceptors (Lipinski definition) is 3. The molecule has 0 bridgehead atoms. The molecule has 0 radical (unpaired) electrons. The maximum absolute atomic E-state index is 11.5. The summed E-state index contributed by atoms with van der Waals surface area (Å²) in [6.07, 6.45) is 1.81. The van der Waals surface area contributed by atoms with E-state index >= 15 is 0 Å². The number of Topliss-reactive ketones (excluding diaryl/α,β-unsaturated/α-hetero) is 1. The lowest BCUT2D eigenvalue weighted by Gasteiger charge is -2.06. The highest BCUT2D eigenvalue weighted by Gasteiger charge is 2.16. The van der Waals surface area contributed by atoms with E-state index in [0.717, 1.165) is 0 Å². The number of nitrogens with zero attached hydrogens (tertiary/aromatic N) is 2. The Bertz CT molecular complexity index is 333. The fourth-order valence-electron chi connectivity index (χ4n) is 1.16. The van der Waals surface area contributed by atoms with Gasteiger partial charge in [-0.05, 0) is 20.4 Å². The Kier molecular flexibility index (Phi) is 3.66. The highest BCUT2D eigenvalue weighted by molar-refractivity contribution is 6.33. The first kappa shape index (κ1) is 11.2. The summed E-state index contributed by atoms with van der Waals surface area (Å²) < 4.78 is 1.62. The third-order valence-corrected chi connectivity index (χ3v) is 2.27. The van der Waals surface area contributed by atoms with Gasteiger partial charge in [0.1, 0.15) is 5.15 Å². The van der Waals surface area contributed by atoms with E-state index in [-0.39, 0.29) is 11.8 Å². The minimum absolute atomic E-state index is 0.0515. The molecule has 0 amide bonds. The maximum Gasteiger partial charge on any atom is 0.168 e. The largest absolute Gasteiger partial charge is 0.330 e. The minimum atomic E-state index is -0.0515. The van der Waals surface area contributed by atoms with Crippen molar-refractivity contribution in [2.45, 2.75) is 26.3 Å². The molecule has 0 fully saturated rings. The zero-order valence-electron chi connectivity index (χ0n) is 8.33. The van der Waals surface area contributed by atoms with E-state index in [0.29, 0.717) is 23.7 Å². The summed E-state index contributed by atoms with van der Waals surface area (Å²) in [6, 6.07) is 0.155. The van der Waals surface area contributed by atoms with E-state index in [1.807, 2.05) is 13.8 Å². The van der Waals surface area contributed by atoms with Gasteiger partial charge in [0.15, 0.2) is 5.78 Å². The molecule has 1 aromatic heterocycles. The molecule has 4 nitrogen and oxygen atoms in total. The van der Waals surface area contributed by atoms with E-state index in [4.69, 9.17) is 17.3 Å². The van der Waals surface area contributed by atoms with Gasteiger partial charge >= 0.3 is 0 Å². The number of hydrogen-bond donors (Lipinski definition) is 1. The summed E-state index contributed by atoms with van der Waals surface area (Å²) in [5, 5.41) is 4.44. The lowest BCUT2D eigenvalue weighted by atomic mass is 10.2. The molecular formula is C9H14ClN3O. The molecule has 0 spiro atoms. The molecule has 1 heterocycles. The molecule has 1 rings (SSSR count). The molecule has 0 atom stereocenters. The predicted octanol–water partition coefficient (Wildman–Crippen LogP) is 1.65.